The second-order valence-corrected chi connectivity index (χ2v) is 7.30. The standard InChI is InChI=1S/C20H28N4O9/c1-10(21)17(29)23-14(8-11-2-4-12(26)5-3-11)19(31)22-13(6-7-16(27)28)18(30)24-15(9-25)20(32)33/h2-5,10,13-15,25-26H,6-9,21H2,1H3,(H,22,31)(H,23,29)(H,24,30)(H,27,28)(H,32,33). The van der Waals surface area contributed by atoms with Gasteiger partial charge in [0.05, 0.1) is 12.6 Å². The van der Waals surface area contributed by atoms with Gasteiger partial charge in [0.1, 0.15) is 23.9 Å². The van der Waals surface area contributed by atoms with E-state index in [1.807, 2.05) is 5.32 Å². The fourth-order valence-corrected chi connectivity index (χ4v) is 2.65. The van der Waals surface area contributed by atoms with Crippen molar-refractivity contribution in [2.75, 3.05) is 6.61 Å². The molecule has 0 aliphatic heterocycles. The summed E-state index contributed by atoms with van der Waals surface area (Å²) in [5.41, 5.74) is 6.09. The zero-order valence-electron chi connectivity index (χ0n) is 17.9. The minimum atomic E-state index is -1.66. The lowest BCUT2D eigenvalue weighted by atomic mass is 10.0. The number of aromatic hydroxyl groups is 1. The number of aliphatic carboxylic acids is 2. The molecule has 0 saturated carbocycles. The molecule has 1 aromatic rings. The van der Waals surface area contributed by atoms with Crippen LogP contribution in [0.2, 0.25) is 0 Å². The van der Waals surface area contributed by atoms with E-state index < -0.39 is 66.9 Å². The molecule has 0 aliphatic carbocycles. The van der Waals surface area contributed by atoms with E-state index in [9.17, 15) is 29.1 Å². The molecule has 0 radical (unpaired) electrons. The summed E-state index contributed by atoms with van der Waals surface area (Å²) in [4.78, 5) is 59.5. The largest absolute Gasteiger partial charge is 0.508 e. The number of amides is 3. The third-order valence-corrected chi connectivity index (χ3v) is 4.50. The third-order valence-electron chi connectivity index (χ3n) is 4.50. The van der Waals surface area contributed by atoms with Crippen LogP contribution in [0.1, 0.15) is 25.3 Å². The number of hydrogen-bond acceptors (Lipinski definition) is 8. The Hall–Kier alpha value is -3.71. The van der Waals surface area contributed by atoms with Crippen LogP contribution in [-0.2, 0) is 30.4 Å². The zero-order valence-corrected chi connectivity index (χ0v) is 17.9. The Morgan fingerprint density at radius 1 is 0.879 bits per heavy atom. The Labute approximate surface area is 189 Å². The summed E-state index contributed by atoms with van der Waals surface area (Å²) in [7, 11) is 0. The minimum Gasteiger partial charge on any atom is -0.508 e. The van der Waals surface area contributed by atoms with Crippen molar-refractivity contribution in [3.63, 3.8) is 0 Å². The van der Waals surface area contributed by atoms with Crippen LogP contribution in [0.3, 0.4) is 0 Å². The predicted octanol–water partition coefficient (Wildman–Crippen LogP) is -2.32. The summed E-state index contributed by atoms with van der Waals surface area (Å²) in [5.74, 6) is -5.33. The van der Waals surface area contributed by atoms with E-state index >= 15 is 0 Å². The Bertz CT molecular complexity index is 858. The zero-order chi connectivity index (χ0) is 25.1. The van der Waals surface area contributed by atoms with E-state index in [1.165, 1.54) is 31.2 Å². The summed E-state index contributed by atoms with van der Waals surface area (Å²) in [6.45, 7) is 0.476. The van der Waals surface area contributed by atoms with Crippen molar-refractivity contribution in [2.24, 2.45) is 5.73 Å². The second kappa shape index (κ2) is 13.0. The molecule has 13 nitrogen and oxygen atoms in total. The van der Waals surface area contributed by atoms with Gasteiger partial charge in [0.2, 0.25) is 17.7 Å². The predicted molar refractivity (Wildman–Crippen MR) is 113 cm³/mol. The first-order chi connectivity index (χ1) is 15.4. The molecule has 33 heavy (non-hydrogen) atoms. The molecular formula is C20H28N4O9. The number of aliphatic hydroxyl groups is 1. The molecule has 4 unspecified atom stereocenters. The molecular weight excluding hydrogens is 440 g/mol. The fraction of sp³-hybridized carbons (Fsp3) is 0.450. The average Bonchev–Trinajstić information content (AvgIpc) is 2.74. The van der Waals surface area contributed by atoms with Crippen LogP contribution >= 0.6 is 0 Å². The van der Waals surface area contributed by atoms with E-state index in [1.54, 1.807) is 0 Å². The first-order valence-corrected chi connectivity index (χ1v) is 9.94. The van der Waals surface area contributed by atoms with Crippen LogP contribution in [0.15, 0.2) is 24.3 Å². The van der Waals surface area contributed by atoms with Gasteiger partial charge in [-0.1, -0.05) is 12.1 Å². The number of phenols is 1. The highest BCUT2D eigenvalue weighted by Gasteiger charge is 2.30. The van der Waals surface area contributed by atoms with E-state index in [0.717, 1.165) is 0 Å². The number of benzene rings is 1. The molecule has 4 atom stereocenters. The number of carbonyl (C=O) groups excluding carboxylic acids is 3. The van der Waals surface area contributed by atoms with E-state index in [-0.39, 0.29) is 18.6 Å². The number of phenolic OH excluding ortho intramolecular Hbond substituents is 1. The van der Waals surface area contributed by atoms with Gasteiger partial charge in [-0.15, -0.1) is 0 Å². The number of carboxylic acids is 2. The van der Waals surface area contributed by atoms with Crippen molar-refractivity contribution in [3.05, 3.63) is 29.8 Å². The van der Waals surface area contributed by atoms with Crippen molar-refractivity contribution < 1.29 is 44.4 Å². The number of nitrogens with two attached hydrogens (primary N) is 1. The van der Waals surface area contributed by atoms with Gasteiger partial charge in [-0.05, 0) is 31.0 Å². The van der Waals surface area contributed by atoms with E-state index in [0.29, 0.717) is 5.56 Å². The number of carbonyl (C=O) groups is 5. The molecule has 0 aromatic heterocycles. The molecule has 0 aliphatic rings. The Kier molecular flexibility index (Phi) is 10.7. The lowest BCUT2D eigenvalue weighted by Gasteiger charge is -2.24. The summed E-state index contributed by atoms with van der Waals surface area (Å²) in [6.07, 6.45) is -0.950. The molecule has 9 N–H and O–H groups in total. The van der Waals surface area contributed by atoms with Crippen molar-refractivity contribution in [2.45, 2.75) is 50.4 Å². The Balaban J connectivity index is 3.08. The summed E-state index contributed by atoms with van der Waals surface area (Å²) < 4.78 is 0. The van der Waals surface area contributed by atoms with E-state index in [2.05, 4.69) is 10.6 Å². The summed E-state index contributed by atoms with van der Waals surface area (Å²) in [5, 5.41) is 43.2. The lowest BCUT2D eigenvalue weighted by Crippen LogP contribution is -2.57. The molecule has 182 valence electrons. The molecule has 1 aromatic carbocycles. The number of nitrogens with one attached hydrogen (secondary N) is 3. The Morgan fingerprint density at radius 2 is 1.39 bits per heavy atom. The van der Waals surface area contributed by atoms with Gasteiger partial charge in [0, 0.05) is 12.8 Å². The van der Waals surface area contributed by atoms with Gasteiger partial charge in [-0.3, -0.25) is 19.2 Å². The molecule has 1 rings (SSSR count). The summed E-state index contributed by atoms with van der Waals surface area (Å²) >= 11 is 0. The normalized spacial score (nSPS) is 14.3. The molecule has 3 amide bonds. The van der Waals surface area contributed by atoms with Crippen molar-refractivity contribution in [1.29, 1.82) is 0 Å². The average molecular weight is 468 g/mol. The monoisotopic (exact) mass is 468 g/mol. The quantitative estimate of drug-likeness (QED) is 0.154. The maximum absolute atomic E-state index is 12.9. The highest BCUT2D eigenvalue weighted by Crippen LogP contribution is 2.12. The summed E-state index contributed by atoms with van der Waals surface area (Å²) in [6, 6.07) is 0.489. The van der Waals surface area contributed by atoms with Crippen LogP contribution < -0.4 is 21.7 Å². The van der Waals surface area contributed by atoms with Gasteiger partial charge in [0.25, 0.3) is 0 Å². The maximum atomic E-state index is 12.9. The van der Waals surface area contributed by atoms with Crippen molar-refractivity contribution >= 4 is 29.7 Å². The first-order valence-electron chi connectivity index (χ1n) is 9.94. The molecule has 0 spiro atoms. The topological polar surface area (TPSA) is 228 Å². The Morgan fingerprint density at radius 3 is 1.88 bits per heavy atom. The minimum absolute atomic E-state index is 0.0124. The molecule has 0 saturated heterocycles. The van der Waals surface area contributed by atoms with Gasteiger partial charge < -0.3 is 42.1 Å². The second-order valence-electron chi connectivity index (χ2n) is 7.30. The highest BCUT2D eigenvalue weighted by atomic mass is 16.4. The van der Waals surface area contributed by atoms with Crippen molar-refractivity contribution in [3.8, 4) is 5.75 Å². The van der Waals surface area contributed by atoms with Crippen LogP contribution in [0.4, 0.5) is 0 Å². The van der Waals surface area contributed by atoms with E-state index in [4.69, 9.17) is 21.1 Å². The van der Waals surface area contributed by atoms with Crippen LogP contribution in [0.25, 0.3) is 0 Å². The van der Waals surface area contributed by atoms with Gasteiger partial charge in [0.15, 0.2) is 0 Å². The van der Waals surface area contributed by atoms with Gasteiger partial charge in [-0.25, -0.2) is 4.79 Å². The molecule has 0 heterocycles. The molecule has 0 bridgehead atoms. The fourth-order valence-electron chi connectivity index (χ4n) is 2.65. The lowest BCUT2D eigenvalue weighted by molar-refractivity contribution is -0.144. The van der Waals surface area contributed by atoms with Gasteiger partial charge >= 0.3 is 11.9 Å². The van der Waals surface area contributed by atoms with Crippen LogP contribution in [0, 0.1) is 0 Å². The number of aliphatic hydroxyl groups excluding tert-OH is 1. The highest BCUT2D eigenvalue weighted by molar-refractivity contribution is 5.94. The number of rotatable bonds is 13. The third kappa shape index (κ3) is 9.53. The number of carboxylic acid groups (broad SMARTS) is 2. The SMILES string of the molecule is CC(N)C(=O)NC(Cc1ccc(O)cc1)C(=O)NC(CCC(=O)O)C(=O)NC(CO)C(=O)O. The van der Waals surface area contributed by atoms with Crippen molar-refractivity contribution in [1.82, 2.24) is 16.0 Å². The van der Waals surface area contributed by atoms with Crippen LogP contribution in [-0.4, -0.2) is 80.9 Å². The van der Waals surface area contributed by atoms with Crippen LogP contribution in [0.5, 0.6) is 5.75 Å². The van der Waals surface area contributed by atoms with Gasteiger partial charge in [-0.2, -0.15) is 0 Å². The molecule has 13 heteroatoms. The smallest absolute Gasteiger partial charge is 0.328 e. The maximum Gasteiger partial charge on any atom is 0.328 e. The molecule has 0 fully saturated rings. The number of hydrogen-bond donors (Lipinski definition) is 8. The first kappa shape index (κ1) is 27.3.